The highest BCUT2D eigenvalue weighted by Crippen LogP contribution is 2.25. The molecule has 0 amide bonds. The van der Waals surface area contributed by atoms with Crippen molar-refractivity contribution in [2.24, 2.45) is 0 Å². The van der Waals surface area contributed by atoms with Crippen molar-refractivity contribution in [2.75, 3.05) is 0 Å². The number of hydrogen-bond acceptors (Lipinski definition) is 4. The van der Waals surface area contributed by atoms with Crippen molar-refractivity contribution in [3.63, 3.8) is 0 Å². The second kappa shape index (κ2) is 7.19. The number of pyridine rings is 1. The van der Waals surface area contributed by atoms with Gasteiger partial charge >= 0.3 is 0 Å². The van der Waals surface area contributed by atoms with Crippen LogP contribution >= 0.6 is 0 Å². The molecule has 0 aliphatic carbocycles. The standard InChI is InChI=1S/C23H16N4/c1-16-14-22(27-23(26-16)20-7-5-17(15-24)6-8-20)19-11-9-18(10-12-19)21-4-2-3-13-25-21/h2-14H,1H3. The van der Waals surface area contributed by atoms with Crippen molar-refractivity contribution in [2.45, 2.75) is 6.92 Å². The minimum atomic E-state index is 0.622. The van der Waals surface area contributed by atoms with Crippen LogP contribution in [-0.4, -0.2) is 15.0 Å². The SMILES string of the molecule is Cc1cc(-c2ccc(-c3ccccn3)cc2)nc(-c2ccc(C#N)cc2)n1. The second-order valence-electron chi connectivity index (χ2n) is 6.20. The van der Waals surface area contributed by atoms with Gasteiger partial charge in [0, 0.05) is 28.6 Å². The summed E-state index contributed by atoms with van der Waals surface area (Å²) in [5.74, 6) is 0.656. The summed E-state index contributed by atoms with van der Waals surface area (Å²) in [4.78, 5) is 13.7. The van der Waals surface area contributed by atoms with Gasteiger partial charge in [-0.15, -0.1) is 0 Å². The Hall–Kier alpha value is -3.84. The number of hydrogen-bond donors (Lipinski definition) is 0. The summed E-state index contributed by atoms with van der Waals surface area (Å²) in [6.07, 6.45) is 1.79. The van der Waals surface area contributed by atoms with Gasteiger partial charge in [0.2, 0.25) is 0 Å². The molecule has 4 heteroatoms. The quantitative estimate of drug-likeness (QED) is 0.519. The summed E-state index contributed by atoms with van der Waals surface area (Å²) in [5, 5.41) is 8.95. The molecule has 2 heterocycles. The molecule has 0 aliphatic rings. The Balaban J connectivity index is 1.69. The van der Waals surface area contributed by atoms with Gasteiger partial charge in [-0.1, -0.05) is 30.3 Å². The van der Waals surface area contributed by atoms with E-state index in [4.69, 9.17) is 10.2 Å². The molecule has 0 spiro atoms. The van der Waals surface area contributed by atoms with Crippen LogP contribution in [0, 0.1) is 18.3 Å². The first-order valence-electron chi connectivity index (χ1n) is 8.61. The minimum Gasteiger partial charge on any atom is -0.256 e. The maximum atomic E-state index is 8.95. The molecule has 0 aliphatic heterocycles. The van der Waals surface area contributed by atoms with Gasteiger partial charge < -0.3 is 0 Å². The van der Waals surface area contributed by atoms with E-state index in [0.717, 1.165) is 33.8 Å². The van der Waals surface area contributed by atoms with E-state index in [1.54, 1.807) is 18.3 Å². The highest BCUT2D eigenvalue weighted by atomic mass is 14.9. The normalized spacial score (nSPS) is 10.4. The highest BCUT2D eigenvalue weighted by molar-refractivity contribution is 5.68. The summed E-state index contributed by atoms with van der Waals surface area (Å²) in [6.45, 7) is 1.96. The van der Waals surface area contributed by atoms with E-state index in [-0.39, 0.29) is 0 Å². The second-order valence-corrected chi connectivity index (χ2v) is 6.20. The van der Waals surface area contributed by atoms with Crippen LogP contribution in [0.5, 0.6) is 0 Å². The number of nitrogens with zero attached hydrogens (tertiary/aromatic N) is 4. The van der Waals surface area contributed by atoms with E-state index >= 15 is 0 Å². The molecule has 0 saturated heterocycles. The van der Waals surface area contributed by atoms with Crippen molar-refractivity contribution in [3.8, 4) is 40.0 Å². The average Bonchev–Trinajstić information content (AvgIpc) is 2.74. The molecule has 0 saturated carbocycles. The molecule has 27 heavy (non-hydrogen) atoms. The fraction of sp³-hybridized carbons (Fsp3) is 0.0435. The summed E-state index contributed by atoms with van der Waals surface area (Å²) in [6, 6.07) is 25.5. The molecular formula is C23H16N4. The fourth-order valence-corrected chi connectivity index (χ4v) is 2.88. The van der Waals surface area contributed by atoms with Gasteiger partial charge in [-0.3, -0.25) is 4.98 Å². The topological polar surface area (TPSA) is 62.5 Å². The molecule has 0 radical (unpaired) electrons. The summed E-state index contributed by atoms with van der Waals surface area (Å²) in [5.41, 5.74) is 6.32. The molecule has 0 fully saturated rings. The Morgan fingerprint density at radius 1 is 0.741 bits per heavy atom. The van der Waals surface area contributed by atoms with E-state index in [0.29, 0.717) is 11.4 Å². The summed E-state index contributed by atoms with van der Waals surface area (Å²) in [7, 11) is 0. The van der Waals surface area contributed by atoms with E-state index in [2.05, 4.69) is 28.2 Å². The molecular weight excluding hydrogens is 332 g/mol. The van der Waals surface area contributed by atoms with Crippen LogP contribution in [0.3, 0.4) is 0 Å². The first-order valence-corrected chi connectivity index (χ1v) is 8.61. The van der Waals surface area contributed by atoms with Crippen LogP contribution in [0.2, 0.25) is 0 Å². The molecule has 2 aromatic carbocycles. The molecule has 0 N–H and O–H groups in total. The number of aromatic nitrogens is 3. The predicted molar refractivity (Wildman–Crippen MR) is 106 cm³/mol. The zero-order chi connectivity index (χ0) is 18.6. The van der Waals surface area contributed by atoms with Gasteiger partial charge in [0.05, 0.1) is 23.0 Å². The van der Waals surface area contributed by atoms with Gasteiger partial charge in [0.25, 0.3) is 0 Å². The third-order valence-electron chi connectivity index (χ3n) is 4.27. The van der Waals surface area contributed by atoms with Gasteiger partial charge in [-0.05, 0) is 49.4 Å². The Morgan fingerprint density at radius 3 is 2.04 bits per heavy atom. The molecule has 2 aromatic heterocycles. The van der Waals surface area contributed by atoms with Crippen LogP contribution in [0.4, 0.5) is 0 Å². The van der Waals surface area contributed by atoms with Crippen LogP contribution < -0.4 is 0 Å². The van der Waals surface area contributed by atoms with E-state index in [1.165, 1.54) is 0 Å². The van der Waals surface area contributed by atoms with E-state index in [9.17, 15) is 0 Å². The number of rotatable bonds is 3. The molecule has 0 unspecified atom stereocenters. The summed E-state index contributed by atoms with van der Waals surface area (Å²) < 4.78 is 0. The maximum Gasteiger partial charge on any atom is 0.160 e. The minimum absolute atomic E-state index is 0.622. The molecule has 128 valence electrons. The predicted octanol–water partition coefficient (Wildman–Crippen LogP) is 5.05. The first-order chi connectivity index (χ1) is 13.2. The molecule has 4 nitrogen and oxygen atoms in total. The molecule has 4 rings (SSSR count). The number of aryl methyl sites for hydroxylation is 1. The lowest BCUT2D eigenvalue weighted by molar-refractivity contribution is 1.11. The maximum absolute atomic E-state index is 8.95. The van der Waals surface area contributed by atoms with E-state index < -0.39 is 0 Å². The van der Waals surface area contributed by atoms with Crippen molar-refractivity contribution in [3.05, 3.63) is 90.3 Å². The van der Waals surface area contributed by atoms with Crippen LogP contribution in [0.25, 0.3) is 33.9 Å². The van der Waals surface area contributed by atoms with Crippen molar-refractivity contribution in [1.29, 1.82) is 5.26 Å². The van der Waals surface area contributed by atoms with Gasteiger partial charge in [0.15, 0.2) is 5.82 Å². The first kappa shape index (κ1) is 16.6. The zero-order valence-corrected chi connectivity index (χ0v) is 14.8. The van der Waals surface area contributed by atoms with Crippen molar-refractivity contribution in [1.82, 2.24) is 15.0 Å². The highest BCUT2D eigenvalue weighted by Gasteiger charge is 2.08. The number of nitriles is 1. The van der Waals surface area contributed by atoms with Crippen LogP contribution in [-0.2, 0) is 0 Å². The smallest absolute Gasteiger partial charge is 0.160 e. The third kappa shape index (κ3) is 3.58. The Bertz CT molecular complexity index is 1110. The summed E-state index contributed by atoms with van der Waals surface area (Å²) >= 11 is 0. The lowest BCUT2D eigenvalue weighted by atomic mass is 10.1. The Morgan fingerprint density at radius 2 is 1.41 bits per heavy atom. The van der Waals surface area contributed by atoms with Gasteiger partial charge in [-0.2, -0.15) is 5.26 Å². The van der Waals surface area contributed by atoms with E-state index in [1.807, 2.05) is 55.5 Å². The molecule has 0 bridgehead atoms. The fourth-order valence-electron chi connectivity index (χ4n) is 2.88. The molecule has 4 aromatic rings. The largest absolute Gasteiger partial charge is 0.256 e. The number of benzene rings is 2. The van der Waals surface area contributed by atoms with Crippen molar-refractivity contribution >= 4 is 0 Å². The average molecular weight is 348 g/mol. The monoisotopic (exact) mass is 348 g/mol. The Kier molecular flexibility index (Phi) is 4.42. The lowest BCUT2D eigenvalue weighted by Crippen LogP contribution is -1.95. The Labute approximate surface area is 157 Å². The lowest BCUT2D eigenvalue weighted by Gasteiger charge is -2.08. The van der Waals surface area contributed by atoms with Gasteiger partial charge in [-0.25, -0.2) is 9.97 Å². The zero-order valence-electron chi connectivity index (χ0n) is 14.8. The van der Waals surface area contributed by atoms with Crippen LogP contribution in [0.1, 0.15) is 11.3 Å². The van der Waals surface area contributed by atoms with Crippen LogP contribution in [0.15, 0.2) is 79.0 Å². The third-order valence-corrected chi connectivity index (χ3v) is 4.27. The van der Waals surface area contributed by atoms with Crippen molar-refractivity contribution < 1.29 is 0 Å². The molecule has 0 atom stereocenters. The van der Waals surface area contributed by atoms with Gasteiger partial charge in [0.1, 0.15) is 0 Å².